The molecule has 0 amide bonds. The SMILES string of the molecule is C[C@@]12C[C@@H]3C4[C@@H]1[C@H](O)[C@H]1C2[C@@H]3C[C@@H]41. The van der Waals surface area contributed by atoms with Gasteiger partial charge in [-0.2, -0.15) is 0 Å². The van der Waals surface area contributed by atoms with Crippen LogP contribution in [0.5, 0.6) is 0 Å². The summed E-state index contributed by atoms with van der Waals surface area (Å²) in [5.41, 5.74) is 0.594. The van der Waals surface area contributed by atoms with Gasteiger partial charge in [-0.3, -0.25) is 0 Å². The van der Waals surface area contributed by atoms with Crippen LogP contribution in [0, 0.1) is 46.8 Å². The van der Waals surface area contributed by atoms with Crippen molar-refractivity contribution < 1.29 is 5.11 Å². The van der Waals surface area contributed by atoms with E-state index in [4.69, 9.17) is 0 Å². The molecule has 0 spiro atoms. The molecule has 0 aromatic rings. The summed E-state index contributed by atoms with van der Waals surface area (Å²) < 4.78 is 0. The van der Waals surface area contributed by atoms with Gasteiger partial charge in [0, 0.05) is 0 Å². The quantitative estimate of drug-likeness (QED) is 0.593. The summed E-state index contributed by atoms with van der Waals surface area (Å²) in [7, 11) is 0. The third-order valence-corrected chi connectivity index (χ3v) is 6.83. The molecular weight excluding hydrogens is 160 g/mol. The van der Waals surface area contributed by atoms with Crippen LogP contribution >= 0.6 is 0 Å². The van der Waals surface area contributed by atoms with E-state index in [0.29, 0.717) is 5.41 Å². The van der Waals surface area contributed by atoms with Crippen molar-refractivity contribution in [3.63, 3.8) is 0 Å². The third kappa shape index (κ3) is 0.366. The van der Waals surface area contributed by atoms with Gasteiger partial charge in [0.25, 0.3) is 0 Å². The molecule has 9 atom stereocenters. The number of hydrogen-bond acceptors (Lipinski definition) is 1. The summed E-state index contributed by atoms with van der Waals surface area (Å²) in [5, 5.41) is 10.3. The minimum Gasteiger partial charge on any atom is -0.392 e. The summed E-state index contributed by atoms with van der Waals surface area (Å²) in [5.74, 6) is 6.49. The molecule has 6 aliphatic carbocycles. The van der Waals surface area contributed by atoms with Gasteiger partial charge in [0.05, 0.1) is 6.10 Å². The van der Waals surface area contributed by atoms with Gasteiger partial charge in [-0.25, -0.2) is 0 Å². The molecule has 6 saturated carbocycles. The van der Waals surface area contributed by atoms with Gasteiger partial charge < -0.3 is 5.11 Å². The molecule has 0 aromatic heterocycles. The van der Waals surface area contributed by atoms with E-state index >= 15 is 0 Å². The predicted octanol–water partition coefficient (Wildman–Crippen LogP) is 1.52. The van der Waals surface area contributed by atoms with Crippen molar-refractivity contribution in [2.75, 3.05) is 0 Å². The van der Waals surface area contributed by atoms with Crippen LogP contribution in [0.4, 0.5) is 0 Å². The van der Waals surface area contributed by atoms with E-state index < -0.39 is 0 Å². The van der Waals surface area contributed by atoms with E-state index in [1.54, 1.807) is 0 Å². The van der Waals surface area contributed by atoms with E-state index in [1.165, 1.54) is 12.8 Å². The second kappa shape index (κ2) is 1.41. The molecule has 6 bridgehead atoms. The summed E-state index contributed by atoms with van der Waals surface area (Å²) in [6.45, 7) is 2.49. The fourth-order valence-electron chi connectivity index (χ4n) is 7.14. The average Bonchev–Trinajstić information content (AvgIpc) is 2.70. The van der Waals surface area contributed by atoms with Crippen LogP contribution in [0.2, 0.25) is 0 Å². The first-order valence-electron chi connectivity index (χ1n) is 5.91. The van der Waals surface area contributed by atoms with Gasteiger partial charge >= 0.3 is 0 Å². The molecule has 1 N–H and O–H groups in total. The Morgan fingerprint density at radius 1 is 1.08 bits per heavy atom. The fraction of sp³-hybridized carbons (Fsp3) is 1.00. The summed E-state index contributed by atoms with van der Waals surface area (Å²) in [4.78, 5) is 0. The molecule has 0 heterocycles. The molecule has 1 nitrogen and oxygen atoms in total. The molecule has 70 valence electrons. The Kier molecular flexibility index (Phi) is 0.697. The van der Waals surface area contributed by atoms with Crippen molar-refractivity contribution in [2.45, 2.75) is 25.9 Å². The lowest BCUT2D eigenvalue weighted by Crippen LogP contribution is -2.36. The summed E-state index contributed by atoms with van der Waals surface area (Å²) in [6, 6.07) is 0. The van der Waals surface area contributed by atoms with E-state index in [-0.39, 0.29) is 6.10 Å². The zero-order chi connectivity index (χ0) is 8.53. The lowest BCUT2D eigenvalue weighted by Gasteiger charge is -2.39. The van der Waals surface area contributed by atoms with Gasteiger partial charge in [-0.15, -0.1) is 0 Å². The van der Waals surface area contributed by atoms with Gasteiger partial charge in [-0.05, 0) is 59.7 Å². The lowest BCUT2D eigenvalue weighted by atomic mass is 9.64. The fourth-order valence-corrected chi connectivity index (χ4v) is 7.14. The Morgan fingerprint density at radius 3 is 2.69 bits per heavy atom. The number of aliphatic hydroxyl groups excluding tert-OH is 1. The van der Waals surface area contributed by atoms with Gasteiger partial charge in [0.1, 0.15) is 0 Å². The molecule has 6 aliphatic rings. The normalized spacial score (nSPS) is 85.4. The number of hydrogen-bond donors (Lipinski definition) is 1. The largest absolute Gasteiger partial charge is 0.392 e. The Hall–Kier alpha value is -0.0400. The maximum atomic E-state index is 10.3. The smallest absolute Gasteiger partial charge is 0.0610 e. The summed E-state index contributed by atoms with van der Waals surface area (Å²) >= 11 is 0. The van der Waals surface area contributed by atoms with Crippen molar-refractivity contribution in [2.24, 2.45) is 46.8 Å². The zero-order valence-electron chi connectivity index (χ0n) is 7.98. The van der Waals surface area contributed by atoms with Gasteiger partial charge in [0.15, 0.2) is 0 Å². The van der Waals surface area contributed by atoms with Crippen molar-refractivity contribution in [1.29, 1.82) is 0 Å². The van der Waals surface area contributed by atoms with Crippen LogP contribution in [0.3, 0.4) is 0 Å². The maximum Gasteiger partial charge on any atom is 0.0610 e. The summed E-state index contributed by atoms with van der Waals surface area (Å²) in [6.07, 6.45) is 3.08. The lowest BCUT2D eigenvalue weighted by molar-refractivity contribution is 0.0629. The third-order valence-electron chi connectivity index (χ3n) is 6.83. The number of aliphatic hydroxyl groups is 1. The molecule has 6 rings (SSSR count). The standard InChI is InChI=1S/C12H16O/c1-12-3-6-4-2-5-7(6)10(12)11(13)8(5)9(4)12/h4-11,13H,2-3H2,1H3/t4-,5+,6+,7?,8-,9?,10-,11-,12+/m1/s1. The molecule has 0 saturated heterocycles. The first-order valence-corrected chi connectivity index (χ1v) is 5.91. The predicted molar refractivity (Wildman–Crippen MR) is 47.8 cm³/mol. The van der Waals surface area contributed by atoms with Crippen LogP contribution in [0.25, 0.3) is 0 Å². The molecule has 13 heavy (non-hydrogen) atoms. The van der Waals surface area contributed by atoms with Crippen molar-refractivity contribution in [3.05, 3.63) is 0 Å². The van der Waals surface area contributed by atoms with Gasteiger partial charge in [0.2, 0.25) is 0 Å². The number of rotatable bonds is 0. The molecular formula is C12H16O. The molecule has 0 aliphatic heterocycles. The first kappa shape index (κ1) is 6.44. The Balaban J connectivity index is 1.89. The Labute approximate surface area is 78.5 Å². The van der Waals surface area contributed by atoms with Crippen molar-refractivity contribution in [3.8, 4) is 0 Å². The second-order valence-corrected chi connectivity index (χ2v) is 6.63. The molecule has 6 fully saturated rings. The highest BCUT2D eigenvalue weighted by Gasteiger charge is 2.84. The van der Waals surface area contributed by atoms with Gasteiger partial charge in [-0.1, -0.05) is 6.92 Å². The monoisotopic (exact) mass is 176 g/mol. The average molecular weight is 176 g/mol. The van der Waals surface area contributed by atoms with Crippen LogP contribution < -0.4 is 0 Å². The van der Waals surface area contributed by atoms with E-state index in [0.717, 1.165) is 41.4 Å². The highest BCUT2D eigenvalue weighted by molar-refractivity contribution is 5.31. The molecule has 0 aromatic carbocycles. The van der Waals surface area contributed by atoms with Crippen LogP contribution in [0.15, 0.2) is 0 Å². The minimum atomic E-state index is 0.113. The maximum absolute atomic E-state index is 10.3. The molecule has 0 radical (unpaired) electrons. The van der Waals surface area contributed by atoms with Crippen LogP contribution in [-0.2, 0) is 0 Å². The molecule has 2 unspecified atom stereocenters. The first-order chi connectivity index (χ1) is 6.23. The second-order valence-electron chi connectivity index (χ2n) is 6.63. The van der Waals surface area contributed by atoms with E-state index in [9.17, 15) is 5.11 Å². The van der Waals surface area contributed by atoms with Crippen molar-refractivity contribution >= 4 is 0 Å². The van der Waals surface area contributed by atoms with E-state index in [1.807, 2.05) is 0 Å². The van der Waals surface area contributed by atoms with Crippen LogP contribution in [-0.4, -0.2) is 11.2 Å². The topological polar surface area (TPSA) is 20.2 Å². The Morgan fingerprint density at radius 2 is 1.92 bits per heavy atom. The van der Waals surface area contributed by atoms with Crippen molar-refractivity contribution in [1.82, 2.24) is 0 Å². The minimum absolute atomic E-state index is 0.113. The van der Waals surface area contributed by atoms with E-state index in [2.05, 4.69) is 6.92 Å². The van der Waals surface area contributed by atoms with Crippen LogP contribution in [0.1, 0.15) is 19.8 Å². The zero-order valence-corrected chi connectivity index (χ0v) is 7.98. The molecule has 1 heteroatoms. The highest BCUT2D eigenvalue weighted by Crippen LogP contribution is 2.86. The highest BCUT2D eigenvalue weighted by atomic mass is 16.3. The Bertz CT molecular complexity index is 312.